The minimum Gasteiger partial charge on any atom is -0.439 e. The molecule has 0 aliphatic rings. The molecule has 2 aromatic carbocycles. The van der Waals surface area contributed by atoms with Gasteiger partial charge in [-0.15, -0.1) is 0 Å². The summed E-state index contributed by atoms with van der Waals surface area (Å²) >= 11 is 5.91. The monoisotopic (exact) mass is 406 g/mol. The van der Waals surface area contributed by atoms with E-state index in [2.05, 4.69) is 25.6 Å². The van der Waals surface area contributed by atoms with Gasteiger partial charge in [0.1, 0.15) is 24.2 Å². The Labute approximate surface area is 171 Å². The fraction of sp³-hybridized carbons (Fsp3) is 0. The van der Waals surface area contributed by atoms with Crippen molar-refractivity contribution in [2.24, 2.45) is 0 Å². The number of carbonyl (C=O) groups is 1. The second-order valence-electron chi connectivity index (χ2n) is 5.90. The van der Waals surface area contributed by atoms with E-state index >= 15 is 0 Å². The van der Waals surface area contributed by atoms with E-state index in [4.69, 9.17) is 16.3 Å². The summed E-state index contributed by atoms with van der Waals surface area (Å²) in [4.78, 5) is 24.4. The Bertz CT molecular complexity index is 1120. The average Bonchev–Trinajstić information content (AvgIpc) is 3.25. The third-order valence-corrected chi connectivity index (χ3v) is 4.05. The number of hydrogen-bond acceptors (Lipinski definition) is 5. The van der Waals surface area contributed by atoms with Gasteiger partial charge in [-0.1, -0.05) is 17.7 Å². The second-order valence-corrected chi connectivity index (χ2v) is 6.34. The van der Waals surface area contributed by atoms with E-state index in [-0.39, 0.29) is 6.03 Å². The molecule has 9 heteroatoms. The highest BCUT2D eigenvalue weighted by Gasteiger charge is 2.06. The van der Waals surface area contributed by atoms with Gasteiger partial charge in [-0.2, -0.15) is 0 Å². The van der Waals surface area contributed by atoms with Gasteiger partial charge in [0.2, 0.25) is 5.88 Å². The lowest BCUT2D eigenvalue weighted by Crippen LogP contribution is -2.19. The number of halogens is 1. The molecule has 0 fully saturated rings. The van der Waals surface area contributed by atoms with E-state index < -0.39 is 0 Å². The third-order valence-electron chi connectivity index (χ3n) is 3.81. The molecule has 4 rings (SSSR count). The van der Waals surface area contributed by atoms with Crippen LogP contribution in [0.4, 0.5) is 16.2 Å². The molecule has 0 aliphatic heterocycles. The van der Waals surface area contributed by atoms with Gasteiger partial charge in [0.05, 0.1) is 0 Å². The molecule has 2 amide bonds. The molecular weight excluding hydrogens is 392 g/mol. The normalized spacial score (nSPS) is 10.4. The molecule has 2 aromatic heterocycles. The van der Waals surface area contributed by atoms with Crippen LogP contribution in [0.5, 0.6) is 11.6 Å². The quantitative estimate of drug-likeness (QED) is 0.498. The zero-order valence-corrected chi connectivity index (χ0v) is 15.7. The number of urea groups is 1. The second kappa shape index (κ2) is 8.41. The lowest BCUT2D eigenvalue weighted by atomic mass is 10.3. The Hall–Kier alpha value is -3.91. The Morgan fingerprint density at radius 1 is 1.00 bits per heavy atom. The van der Waals surface area contributed by atoms with Crippen molar-refractivity contribution < 1.29 is 9.53 Å². The number of nitrogens with one attached hydrogen (secondary N) is 2. The standard InChI is InChI=1S/C20H15ClN6O2/c21-14-2-1-3-16(10-14)26-20(28)25-15-4-6-17(7-5-15)29-19-11-18(23-12-24-19)27-9-8-22-13-27/h1-13H,(H2,25,26,28). The summed E-state index contributed by atoms with van der Waals surface area (Å²) in [7, 11) is 0. The van der Waals surface area contributed by atoms with E-state index in [0.29, 0.717) is 33.8 Å². The third kappa shape index (κ3) is 4.88. The van der Waals surface area contributed by atoms with Gasteiger partial charge >= 0.3 is 6.03 Å². The van der Waals surface area contributed by atoms with Crippen molar-refractivity contribution >= 4 is 29.0 Å². The summed E-state index contributed by atoms with van der Waals surface area (Å²) in [5.74, 6) is 1.60. The molecule has 2 N–H and O–H groups in total. The van der Waals surface area contributed by atoms with Crippen LogP contribution in [0, 0.1) is 0 Å². The maximum Gasteiger partial charge on any atom is 0.323 e. The van der Waals surface area contributed by atoms with Crippen LogP contribution in [0.1, 0.15) is 0 Å². The number of benzene rings is 2. The number of anilines is 2. The first kappa shape index (κ1) is 18.5. The molecule has 0 bridgehead atoms. The van der Waals surface area contributed by atoms with Crippen molar-refractivity contribution in [1.29, 1.82) is 0 Å². The summed E-state index contributed by atoms with van der Waals surface area (Å²) in [6.45, 7) is 0. The Morgan fingerprint density at radius 2 is 1.83 bits per heavy atom. The van der Waals surface area contributed by atoms with E-state index in [0.717, 1.165) is 0 Å². The van der Waals surface area contributed by atoms with Gasteiger partial charge in [0.25, 0.3) is 0 Å². The van der Waals surface area contributed by atoms with Crippen LogP contribution in [-0.4, -0.2) is 25.6 Å². The van der Waals surface area contributed by atoms with Crippen molar-refractivity contribution in [2.45, 2.75) is 0 Å². The minimum absolute atomic E-state index is 0.373. The van der Waals surface area contributed by atoms with Gasteiger partial charge in [-0.3, -0.25) is 4.57 Å². The molecule has 0 saturated heterocycles. The zero-order chi connectivity index (χ0) is 20.1. The number of aromatic nitrogens is 4. The van der Waals surface area contributed by atoms with E-state index in [1.165, 1.54) is 6.33 Å². The molecule has 0 saturated carbocycles. The summed E-state index contributed by atoms with van der Waals surface area (Å²) < 4.78 is 7.51. The SMILES string of the molecule is O=C(Nc1ccc(Oc2cc(-n3ccnc3)ncn2)cc1)Nc1cccc(Cl)c1. The topological polar surface area (TPSA) is 94.0 Å². The summed E-state index contributed by atoms with van der Waals surface area (Å²) in [6.07, 6.45) is 6.50. The Kier molecular flexibility index (Phi) is 5.35. The van der Waals surface area contributed by atoms with Gasteiger partial charge < -0.3 is 15.4 Å². The zero-order valence-electron chi connectivity index (χ0n) is 15.0. The highest BCUT2D eigenvalue weighted by molar-refractivity contribution is 6.30. The predicted molar refractivity (Wildman–Crippen MR) is 110 cm³/mol. The molecule has 0 spiro atoms. The van der Waals surface area contributed by atoms with Crippen LogP contribution in [0.25, 0.3) is 5.82 Å². The molecule has 29 heavy (non-hydrogen) atoms. The van der Waals surface area contributed by atoms with E-state index in [1.54, 1.807) is 77.9 Å². The molecule has 0 radical (unpaired) electrons. The number of ether oxygens (including phenoxy) is 1. The molecule has 0 unspecified atom stereocenters. The molecule has 144 valence electrons. The van der Waals surface area contributed by atoms with Crippen molar-refractivity contribution in [3.63, 3.8) is 0 Å². The summed E-state index contributed by atoms with van der Waals surface area (Å²) in [5.41, 5.74) is 1.21. The first-order chi connectivity index (χ1) is 14.2. The molecule has 2 heterocycles. The van der Waals surface area contributed by atoms with Crippen molar-refractivity contribution in [2.75, 3.05) is 10.6 Å². The van der Waals surface area contributed by atoms with Crippen molar-refractivity contribution in [3.8, 4) is 17.4 Å². The average molecular weight is 407 g/mol. The first-order valence-corrected chi connectivity index (χ1v) is 8.95. The maximum absolute atomic E-state index is 12.1. The van der Waals surface area contributed by atoms with Crippen LogP contribution in [-0.2, 0) is 0 Å². The number of rotatable bonds is 5. The van der Waals surface area contributed by atoms with E-state index in [9.17, 15) is 4.79 Å². The largest absolute Gasteiger partial charge is 0.439 e. The highest BCUT2D eigenvalue weighted by Crippen LogP contribution is 2.22. The van der Waals surface area contributed by atoms with Crippen LogP contribution in [0.3, 0.4) is 0 Å². The number of hydrogen-bond donors (Lipinski definition) is 2. The van der Waals surface area contributed by atoms with Crippen LogP contribution < -0.4 is 15.4 Å². The van der Waals surface area contributed by atoms with E-state index in [1.807, 2.05) is 0 Å². The summed E-state index contributed by atoms with van der Waals surface area (Å²) in [6, 6.07) is 15.2. The van der Waals surface area contributed by atoms with Crippen LogP contribution >= 0.6 is 11.6 Å². The lowest BCUT2D eigenvalue weighted by Gasteiger charge is -2.09. The van der Waals surface area contributed by atoms with Crippen LogP contribution in [0.15, 0.2) is 79.6 Å². The smallest absolute Gasteiger partial charge is 0.323 e. The first-order valence-electron chi connectivity index (χ1n) is 8.57. The number of carbonyl (C=O) groups excluding carboxylic acids is 1. The fourth-order valence-corrected chi connectivity index (χ4v) is 2.70. The van der Waals surface area contributed by atoms with Gasteiger partial charge in [-0.05, 0) is 42.5 Å². The summed E-state index contributed by atoms with van der Waals surface area (Å²) in [5, 5.41) is 6.01. The van der Waals surface area contributed by atoms with Gasteiger partial charge in [-0.25, -0.2) is 19.7 Å². The highest BCUT2D eigenvalue weighted by atomic mass is 35.5. The van der Waals surface area contributed by atoms with Gasteiger partial charge in [0.15, 0.2) is 0 Å². The fourth-order valence-electron chi connectivity index (χ4n) is 2.51. The molecule has 0 aliphatic carbocycles. The number of amides is 2. The number of imidazole rings is 1. The van der Waals surface area contributed by atoms with Crippen LogP contribution in [0.2, 0.25) is 5.02 Å². The number of nitrogens with zero attached hydrogens (tertiary/aromatic N) is 4. The molecule has 8 nitrogen and oxygen atoms in total. The van der Waals surface area contributed by atoms with Crippen molar-refractivity contribution in [1.82, 2.24) is 19.5 Å². The molecule has 0 atom stereocenters. The Balaban J connectivity index is 1.38. The molecule has 4 aromatic rings. The van der Waals surface area contributed by atoms with Crippen molar-refractivity contribution in [3.05, 3.63) is 84.7 Å². The molecular formula is C20H15ClN6O2. The maximum atomic E-state index is 12.1. The predicted octanol–water partition coefficient (Wildman–Crippen LogP) is 4.75. The lowest BCUT2D eigenvalue weighted by molar-refractivity contribution is 0.262. The Morgan fingerprint density at radius 3 is 2.59 bits per heavy atom. The minimum atomic E-state index is -0.373. The van der Waals surface area contributed by atoms with Gasteiger partial charge in [0, 0.05) is 34.9 Å².